The number of anilines is 1. The molecule has 1 aromatic rings. The minimum atomic E-state index is -4.27. The second-order valence-corrected chi connectivity index (χ2v) is 6.99. The van der Waals surface area contributed by atoms with Crippen LogP contribution >= 0.6 is 0 Å². The zero-order valence-corrected chi connectivity index (χ0v) is 13.8. The number of hydrogen-bond acceptors (Lipinski definition) is 4. The summed E-state index contributed by atoms with van der Waals surface area (Å²) in [5.41, 5.74) is 7.08. The number of carbonyl (C=O) groups is 1. The zero-order valence-electron chi connectivity index (χ0n) is 13.0. The predicted octanol–water partition coefficient (Wildman–Crippen LogP) is 2.71. The number of para-hydroxylation sites is 1. The fourth-order valence-corrected chi connectivity index (χ4v) is 2.90. The molecule has 7 heteroatoms. The van der Waals surface area contributed by atoms with Crippen molar-refractivity contribution in [1.29, 1.82) is 0 Å². The minimum absolute atomic E-state index is 0.116. The van der Waals surface area contributed by atoms with Gasteiger partial charge in [-0.1, -0.05) is 45.9 Å². The molecule has 1 rings (SSSR count). The third-order valence-corrected chi connectivity index (χ3v) is 4.41. The maximum absolute atomic E-state index is 12.1. The summed E-state index contributed by atoms with van der Waals surface area (Å²) in [6.45, 7) is 7.88. The van der Waals surface area contributed by atoms with Gasteiger partial charge in [-0.2, -0.15) is 8.42 Å². The van der Waals surface area contributed by atoms with Crippen molar-refractivity contribution in [3.05, 3.63) is 29.3 Å². The molecule has 0 aliphatic carbocycles. The first kappa shape index (κ1) is 17.3. The Bertz CT molecular complexity index is 598. The van der Waals surface area contributed by atoms with E-state index in [1.807, 2.05) is 45.9 Å². The van der Waals surface area contributed by atoms with Gasteiger partial charge in [0.1, 0.15) is 0 Å². The van der Waals surface area contributed by atoms with E-state index in [1.54, 1.807) is 0 Å². The Kier molecular flexibility index (Phi) is 5.22. The van der Waals surface area contributed by atoms with Crippen molar-refractivity contribution in [3.63, 3.8) is 0 Å². The van der Waals surface area contributed by atoms with Crippen molar-refractivity contribution in [2.45, 2.75) is 39.5 Å². The summed E-state index contributed by atoms with van der Waals surface area (Å²) in [5, 5.41) is 0. The molecule has 21 heavy (non-hydrogen) atoms. The number of primary amides is 1. The molecule has 0 atom stereocenters. The van der Waals surface area contributed by atoms with E-state index in [1.165, 1.54) is 7.05 Å². The molecular formula is C14H22N2O4S. The Labute approximate surface area is 126 Å². The van der Waals surface area contributed by atoms with Gasteiger partial charge in [-0.15, -0.1) is 0 Å². The van der Waals surface area contributed by atoms with Crippen LogP contribution in [0.3, 0.4) is 0 Å². The van der Waals surface area contributed by atoms with Crippen molar-refractivity contribution < 1.29 is 17.4 Å². The maximum Gasteiger partial charge on any atom is 0.421 e. The van der Waals surface area contributed by atoms with Gasteiger partial charge in [0, 0.05) is 7.05 Å². The van der Waals surface area contributed by atoms with Crippen molar-refractivity contribution in [1.82, 2.24) is 0 Å². The summed E-state index contributed by atoms with van der Waals surface area (Å²) in [6, 6.07) is 5.62. The summed E-state index contributed by atoms with van der Waals surface area (Å²) in [4.78, 5) is 10.8. The van der Waals surface area contributed by atoms with Gasteiger partial charge in [0.25, 0.3) is 0 Å². The van der Waals surface area contributed by atoms with Gasteiger partial charge >= 0.3 is 16.4 Å². The summed E-state index contributed by atoms with van der Waals surface area (Å²) >= 11 is 0. The van der Waals surface area contributed by atoms with Crippen LogP contribution in [-0.4, -0.2) is 21.6 Å². The van der Waals surface area contributed by atoms with Gasteiger partial charge in [0.05, 0.1) is 5.69 Å². The lowest BCUT2D eigenvalue weighted by molar-refractivity contribution is 0.212. The average molecular weight is 314 g/mol. The summed E-state index contributed by atoms with van der Waals surface area (Å²) in [5.74, 6) is 0.231. The third-order valence-electron chi connectivity index (χ3n) is 3.18. The highest BCUT2D eigenvalue weighted by molar-refractivity contribution is 7.88. The van der Waals surface area contributed by atoms with Gasteiger partial charge in [-0.3, -0.25) is 0 Å². The summed E-state index contributed by atoms with van der Waals surface area (Å²) in [7, 11) is -2.91. The van der Waals surface area contributed by atoms with E-state index < -0.39 is 16.4 Å². The van der Waals surface area contributed by atoms with Gasteiger partial charge in [-0.05, 0) is 23.0 Å². The largest absolute Gasteiger partial charge is 0.421 e. The molecule has 0 unspecified atom stereocenters. The maximum atomic E-state index is 12.1. The highest BCUT2D eigenvalue weighted by Gasteiger charge is 2.28. The van der Waals surface area contributed by atoms with Crippen molar-refractivity contribution in [3.8, 4) is 0 Å². The lowest BCUT2D eigenvalue weighted by Gasteiger charge is -2.26. The van der Waals surface area contributed by atoms with Crippen LogP contribution in [0.15, 0.2) is 18.2 Å². The molecule has 0 spiro atoms. The predicted molar refractivity (Wildman–Crippen MR) is 82.6 cm³/mol. The van der Waals surface area contributed by atoms with Gasteiger partial charge in [0.2, 0.25) is 0 Å². The molecule has 1 aromatic carbocycles. The van der Waals surface area contributed by atoms with E-state index in [-0.39, 0.29) is 11.8 Å². The fourth-order valence-electron chi connectivity index (χ4n) is 2.15. The standard InChI is InChI=1S/C14H22N2O4S/c1-9(2)11-7-6-8-12(10(3)4)13(11)16(5)21(18,19)20-14(15)17/h6-10H,1-5H3,(H2,15,17). The first-order chi connectivity index (χ1) is 9.58. The van der Waals surface area contributed by atoms with E-state index in [4.69, 9.17) is 5.73 Å². The lowest BCUT2D eigenvalue weighted by Crippen LogP contribution is -2.34. The number of hydrogen-bond donors (Lipinski definition) is 1. The Morgan fingerprint density at radius 1 is 1.14 bits per heavy atom. The number of nitrogens with two attached hydrogens (primary N) is 1. The Morgan fingerprint density at radius 3 is 1.90 bits per heavy atom. The molecule has 0 heterocycles. The molecule has 6 nitrogen and oxygen atoms in total. The van der Waals surface area contributed by atoms with Crippen LogP contribution < -0.4 is 10.0 Å². The molecular weight excluding hydrogens is 292 g/mol. The van der Waals surface area contributed by atoms with E-state index in [2.05, 4.69) is 4.18 Å². The van der Waals surface area contributed by atoms with Crippen LogP contribution in [0.5, 0.6) is 0 Å². The first-order valence-electron chi connectivity index (χ1n) is 6.68. The fraction of sp³-hybridized carbons (Fsp3) is 0.500. The monoisotopic (exact) mass is 314 g/mol. The smallest absolute Gasteiger partial charge is 0.334 e. The van der Waals surface area contributed by atoms with Gasteiger partial charge in [-0.25, -0.2) is 9.10 Å². The van der Waals surface area contributed by atoms with Crippen LogP contribution in [-0.2, 0) is 14.5 Å². The van der Waals surface area contributed by atoms with Crippen LogP contribution in [0.4, 0.5) is 10.5 Å². The number of rotatable bonds is 5. The molecule has 0 aromatic heterocycles. The molecule has 1 amide bonds. The van der Waals surface area contributed by atoms with Gasteiger partial charge in [0.15, 0.2) is 0 Å². The lowest BCUT2D eigenvalue weighted by atomic mass is 9.93. The minimum Gasteiger partial charge on any atom is -0.334 e. The van der Waals surface area contributed by atoms with Crippen LogP contribution in [0.25, 0.3) is 0 Å². The first-order valence-corrected chi connectivity index (χ1v) is 8.05. The summed E-state index contributed by atoms with van der Waals surface area (Å²) in [6.07, 6.45) is -1.35. The number of benzene rings is 1. The second kappa shape index (κ2) is 6.34. The highest BCUT2D eigenvalue weighted by atomic mass is 32.2. The van der Waals surface area contributed by atoms with E-state index >= 15 is 0 Å². The normalized spacial score (nSPS) is 11.8. The van der Waals surface area contributed by atoms with E-state index in [9.17, 15) is 13.2 Å². The van der Waals surface area contributed by atoms with Crippen molar-refractivity contribution in [2.75, 3.05) is 11.4 Å². The van der Waals surface area contributed by atoms with Crippen LogP contribution in [0, 0.1) is 0 Å². The SMILES string of the molecule is CC(C)c1cccc(C(C)C)c1N(C)S(=O)(=O)OC(N)=O. The quantitative estimate of drug-likeness (QED) is 0.904. The van der Waals surface area contributed by atoms with E-state index in [0.29, 0.717) is 5.69 Å². The van der Waals surface area contributed by atoms with Crippen molar-refractivity contribution >= 4 is 22.1 Å². The molecule has 0 fully saturated rings. The molecule has 0 saturated heterocycles. The second-order valence-electron chi connectivity index (χ2n) is 5.42. The van der Waals surface area contributed by atoms with E-state index in [0.717, 1.165) is 15.4 Å². The molecule has 0 aliphatic heterocycles. The van der Waals surface area contributed by atoms with Crippen LogP contribution in [0.1, 0.15) is 50.7 Å². The third kappa shape index (κ3) is 3.87. The number of nitrogens with zero attached hydrogens (tertiary/aromatic N) is 1. The Balaban J connectivity index is 3.49. The number of carbonyl (C=O) groups excluding carboxylic acids is 1. The molecule has 0 saturated carbocycles. The topological polar surface area (TPSA) is 89.7 Å². The zero-order chi connectivity index (χ0) is 16.4. The molecule has 0 aliphatic rings. The molecule has 2 N–H and O–H groups in total. The molecule has 0 bridgehead atoms. The van der Waals surface area contributed by atoms with Crippen molar-refractivity contribution in [2.24, 2.45) is 5.73 Å². The van der Waals surface area contributed by atoms with Crippen LogP contribution in [0.2, 0.25) is 0 Å². The highest BCUT2D eigenvalue weighted by Crippen LogP contribution is 2.36. The Hall–Kier alpha value is -1.76. The molecule has 118 valence electrons. The molecule has 0 radical (unpaired) electrons. The Morgan fingerprint density at radius 2 is 1.57 bits per heavy atom. The van der Waals surface area contributed by atoms with Gasteiger partial charge < -0.3 is 9.92 Å². The number of amides is 1. The average Bonchev–Trinajstić information content (AvgIpc) is 2.35. The summed E-state index contributed by atoms with van der Waals surface area (Å²) < 4.78 is 29.4.